The van der Waals surface area contributed by atoms with Crippen LogP contribution in [0.4, 0.5) is 5.82 Å². The summed E-state index contributed by atoms with van der Waals surface area (Å²) in [6.45, 7) is 3.36. The molecule has 13 heavy (non-hydrogen) atoms. The number of imidazole rings is 1. The first-order valence-electron chi connectivity index (χ1n) is 3.60. The molecule has 0 radical (unpaired) electrons. The largest absolute Gasteiger partial charge is 0.327 e. The van der Waals surface area contributed by atoms with Crippen LogP contribution in [0, 0.1) is 0 Å². The Labute approximate surface area is 73.0 Å². The number of aromatic nitrogens is 4. The molecule has 66 valence electrons. The number of fused-ring (bicyclic) bond motifs is 1. The van der Waals surface area contributed by atoms with E-state index in [1.807, 2.05) is 0 Å². The van der Waals surface area contributed by atoms with Crippen LogP contribution in [0.15, 0.2) is 16.1 Å². The Hall–Kier alpha value is -1.98. The van der Waals surface area contributed by atoms with Crippen LogP contribution in [0.1, 0.15) is 0 Å². The quantitative estimate of drug-likeness (QED) is 0.622. The monoisotopic (exact) mass is 177 g/mol. The number of nitrogens with zero attached hydrogens (tertiary/aromatic N) is 4. The average molecular weight is 177 g/mol. The average Bonchev–Trinajstić information content (AvgIpc) is 2.43. The van der Waals surface area contributed by atoms with Crippen molar-refractivity contribution in [1.29, 1.82) is 0 Å². The van der Waals surface area contributed by atoms with Gasteiger partial charge >= 0.3 is 5.69 Å². The van der Waals surface area contributed by atoms with E-state index < -0.39 is 0 Å². The van der Waals surface area contributed by atoms with Gasteiger partial charge in [0, 0.05) is 7.05 Å². The number of aliphatic imine (C=N–C) groups is 1. The van der Waals surface area contributed by atoms with Crippen LogP contribution >= 0.6 is 0 Å². The van der Waals surface area contributed by atoms with E-state index >= 15 is 0 Å². The van der Waals surface area contributed by atoms with Gasteiger partial charge < -0.3 is 0 Å². The molecule has 0 spiro atoms. The van der Waals surface area contributed by atoms with E-state index in [1.165, 1.54) is 10.9 Å². The number of H-pyrrole nitrogens is 1. The maximum atomic E-state index is 11.2. The molecule has 0 aliphatic carbocycles. The SMILES string of the molecule is C=Nc1ncnc2[nH]c(=O)n(C)c12. The number of hydrogen-bond acceptors (Lipinski definition) is 4. The molecule has 0 aliphatic rings. The summed E-state index contributed by atoms with van der Waals surface area (Å²) >= 11 is 0. The Morgan fingerprint density at radius 2 is 2.38 bits per heavy atom. The van der Waals surface area contributed by atoms with Crippen molar-refractivity contribution in [3.05, 3.63) is 16.8 Å². The van der Waals surface area contributed by atoms with Gasteiger partial charge in [-0.1, -0.05) is 0 Å². The Kier molecular flexibility index (Phi) is 1.48. The van der Waals surface area contributed by atoms with Crippen molar-refractivity contribution in [3.63, 3.8) is 0 Å². The minimum atomic E-state index is -0.236. The van der Waals surface area contributed by atoms with Gasteiger partial charge in [-0.25, -0.2) is 19.8 Å². The molecule has 2 aromatic heterocycles. The highest BCUT2D eigenvalue weighted by atomic mass is 16.1. The lowest BCUT2D eigenvalue weighted by molar-refractivity contribution is 0.890. The molecular formula is C7H7N5O. The minimum Gasteiger partial charge on any atom is -0.290 e. The highest BCUT2D eigenvalue weighted by Crippen LogP contribution is 2.16. The maximum Gasteiger partial charge on any atom is 0.327 e. The van der Waals surface area contributed by atoms with Crippen LogP contribution in [0.25, 0.3) is 11.2 Å². The first kappa shape index (κ1) is 7.66. The Bertz CT molecular complexity index is 523. The molecule has 6 heteroatoms. The summed E-state index contributed by atoms with van der Waals surface area (Å²) in [6.07, 6.45) is 1.34. The second-order valence-electron chi connectivity index (χ2n) is 2.54. The first-order valence-corrected chi connectivity index (χ1v) is 3.60. The smallest absolute Gasteiger partial charge is 0.290 e. The van der Waals surface area contributed by atoms with Crippen LogP contribution in [0.3, 0.4) is 0 Å². The van der Waals surface area contributed by atoms with Crippen molar-refractivity contribution in [2.75, 3.05) is 0 Å². The summed E-state index contributed by atoms with van der Waals surface area (Å²) in [5, 5.41) is 0. The number of aromatic amines is 1. The minimum absolute atomic E-state index is 0.236. The molecule has 0 amide bonds. The lowest BCUT2D eigenvalue weighted by Crippen LogP contribution is -2.11. The summed E-state index contributed by atoms with van der Waals surface area (Å²) in [6, 6.07) is 0. The third-order valence-corrected chi connectivity index (χ3v) is 1.82. The van der Waals surface area contributed by atoms with E-state index in [4.69, 9.17) is 0 Å². The number of nitrogens with one attached hydrogen (secondary N) is 1. The second kappa shape index (κ2) is 2.51. The zero-order valence-corrected chi connectivity index (χ0v) is 6.98. The second-order valence-corrected chi connectivity index (χ2v) is 2.54. The number of rotatable bonds is 1. The Morgan fingerprint density at radius 3 is 3.08 bits per heavy atom. The van der Waals surface area contributed by atoms with Gasteiger partial charge in [-0.3, -0.25) is 9.55 Å². The molecule has 0 aromatic carbocycles. The van der Waals surface area contributed by atoms with E-state index in [-0.39, 0.29) is 5.69 Å². The molecule has 2 aromatic rings. The fourth-order valence-electron chi connectivity index (χ4n) is 1.17. The fraction of sp³-hybridized carbons (Fsp3) is 0.143. The molecule has 0 saturated carbocycles. The predicted octanol–water partition coefficient (Wildman–Crippen LogP) is -0.0113. The van der Waals surface area contributed by atoms with Crippen LogP contribution in [-0.4, -0.2) is 26.2 Å². The van der Waals surface area contributed by atoms with Crippen molar-refractivity contribution < 1.29 is 0 Å². The fourth-order valence-corrected chi connectivity index (χ4v) is 1.17. The van der Waals surface area contributed by atoms with Gasteiger partial charge in [-0.15, -0.1) is 0 Å². The van der Waals surface area contributed by atoms with E-state index in [1.54, 1.807) is 7.05 Å². The van der Waals surface area contributed by atoms with Crippen molar-refractivity contribution in [2.24, 2.45) is 12.0 Å². The molecule has 0 unspecified atom stereocenters. The van der Waals surface area contributed by atoms with Gasteiger partial charge in [0.25, 0.3) is 0 Å². The van der Waals surface area contributed by atoms with Crippen molar-refractivity contribution in [3.8, 4) is 0 Å². The van der Waals surface area contributed by atoms with Crippen LogP contribution in [0.2, 0.25) is 0 Å². The number of hydrogen-bond donors (Lipinski definition) is 1. The topological polar surface area (TPSA) is 75.9 Å². The van der Waals surface area contributed by atoms with Gasteiger partial charge in [0.15, 0.2) is 11.5 Å². The van der Waals surface area contributed by atoms with Crippen LogP contribution in [0.5, 0.6) is 0 Å². The Balaban J connectivity index is 3.03. The highest BCUT2D eigenvalue weighted by molar-refractivity contribution is 5.81. The molecule has 0 saturated heterocycles. The number of aryl methyl sites for hydroxylation is 1. The molecule has 0 atom stereocenters. The molecule has 0 aliphatic heterocycles. The zero-order chi connectivity index (χ0) is 9.42. The zero-order valence-electron chi connectivity index (χ0n) is 6.98. The van der Waals surface area contributed by atoms with Gasteiger partial charge in [-0.05, 0) is 6.72 Å². The molecule has 2 heterocycles. The van der Waals surface area contributed by atoms with E-state index in [9.17, 15) is 4.79 Å². The molecule has 0 fully saturated rings. The normalized spacial score (nSPS) is 10.5. The standard InChI is InChI=1S/C7H7N5O/c1-8-5-4-6(10-3-9-5)11-7(13)12(4)2/h3H,1H2,2H3,(H,9,10,11,13). The summed E-state index contributed by atoms with van der Waals surface area (Å²) in [7, 11) is 1.62. The van der Waals surface area contributed by atoms with Gasteiger partial charge in [0.2, 0.25) is 0 Å². The third-order valence-electron chi connectivity index (χ3n) is 1.82. The lowest BCUT2D eigenvalue weighted by atomic mass is 10.5. The lowest BCUT2D eigenvalue weighted by Gasteiger charge is -1.95. The van der Waals surface area contributed by atoms with Crippen LogP contribution in [-0.2, 0) is 7.05 Å². The van der Waals surface area contributed by atoms with Gasteiger partial charge in [-0.2, -0.15) is 0 Å². The summed E-state index contributed by atoms with van der Waals surface area (Å²) < 4.78 is 1.40. The maximum absolute atomic E-state index is 11.2. The van der Waals surface area contributed by atoms with Gasteiger partial charge in [0.05, 0.1) is 0 Å². The van der Waals surface area contributed by atoms with E-state index in [0.29, 0.717) is 17.0 Å². The first-order chi connectivity index (χ1) is 6.24. The van der Waals surface area contributed by atoms with Crippen molar-refractivity contribution >= 4 is 23.7 Å². The van der Waals surface area contributed by atoms with Crippen LogP contribution < -0.4 is 5.69 Å². The molecule has 0 bridgehead atoms. The van der Waals surface area contributed by atoms with E-state index in [0.717, 1.165) is 0 Å². The van der Waals surface area contributed by atoms with Gasteiger partial charge in [0.1, 0.15) is 11.8 Å². The van der Waals surface area contributed by atoms with Crippen molar-refractivity contribution in [1.82, 2.24) is 19.5 Å². The summed E-state index contributed by atoms with van der Waals surface area (Å²) in [5.74, 6) is 0.408. The van der Waals surface area contributed by atoms with Crippen molar-refractivity contribution in [2.45, 2.75) is 0 Å². The molecule has 2 rings (SSSR count). The Morgan fingerprint density at radius 1 is 1.62 bits per heavy atom. The summed E-state index contributed by atoms with van der Waals surface area (Å²) in [5.41, 5.74) is 0.813. The predicted molar refractivity (Wildman–Crippen MR) is 48.3 cm³/mol. The van der Waals surface area contributed by atoms with E-state index in [2.05, 4.69) is 26.7 Å². The molecule has 1 N–H and O–H groups in total. The summed E-state index contributed by atoms with van der Waals surface area (Å²) in [4.78, 5) is 25.2. The molecular weight excluding hydrogens is 170 g/mol. The molecule has 6 nitrogen and oxygen atoms in total. The highest BCUT2D eigenvalue weighted by Gasteiger charge is 2.08. The third kappa shape index (κ3) is 0.952.